The second-order valence-electron chi connectivity index (χ2n) is 3.39. The average Bonchev–Trinajstić information content (AvgIpc) is 2.55. The van der Waals surface area contributed by atoms with E-state index in [2.05, 4.69) is 5.32 Å². The summed E-state index contributed by atoms with van der Waals surface area (Å²) in [6.07, 6.45) is -0.428. The van der Waals surface area contributed by atoms with Gasteiger partial charge in [0.15, 0.2) is 0 Å². The van der Waals surface area contributed by atoms with Gasteiger partial charge in [0, 0.05) is 10.4 Å². The number of rotatable bonds is 3. The molecule has 0 aromatic carbocycles. The van der Waals surface area contributed by atoms with Crippen molar-refractivity contribution in [1.82, 2.24) is 5.32 Å². The number of hydrogen-bond acceptors (Lipinski definition) is 3. The van der Waals surface area contributed by atoms with Gasteiger partial charge in [-0.1, -0.05) is 6.07 Å². The lowest BCUT2D eigenvalue weighted by atomic mass is 9.96. The highest BCUT2D eigenvalue weighted by Gasteiger charge is 2.27. The summed E-state index contributed by atoms with van der Waals surface area (Å²) in [5.41, 5.74) is -0.259. The predicted molar refractivity (Wildman–Crippen MR) is 52.4 cm³/mol. The highest BCUT2D eigenvalue weighted by atomic mass is 32.1. The largest absolute Gasteiger partial charge is 0.386 e. The monoisotopic (exact) mass is 185 g/mol. The molecule has 0 aliphatic heterocycles. The highest BCUT2D eigenvalue weighted by molar-refractivity contribution is 7.10. The quantitative estimate of drug-likeness (QED) is 0.752. The molecular weight excluding hydrogens is 170 g/mol. The Kier molecular flexibility index (Phi) is 2.88. The Morgan fingerprint density at radius 2 is 2.25 bits per heavy atom. The molecule has 0 fully saturated rings. The first kappa shape index (κ1) is 9.71. The molecule has 3 heteroatoms. The van der Waals surface area contributed by atoms with E-state index in [1.807, 2.05) is 38.4 Å². The smallest absolute Gasteiger partial charge is 0.106 e. The molecule has 1 aromatic heterocycles. The van der Waals surface area contributed by atoms with Crippen LogP contribution in [0.25, 0.3) is 0 Å². The van der Waals surface area contributed by atoms with Gasteiger partial charge in [0.1, 0.15) is 6.10 Å². The van der Waals surface area contributed by atoms with E-state index in [1.165, 1.54) is 0 Å². The van der Waals surface area contributed by atoms with Crippen molar-refractivity contribution in [1.29, 1.82) is 0 Å². The minimum absolute atomic E-state index is 0.259. The van der Waals surface area contributed by atoms with Crippen LogP contribution in [0, 0.1) is 0 Å². The number of hydrogen-bond donors (Lipinski definition) is 2. The lowest BCUT2D eigenvalue weighted by Crippen LogP contribution is -2.42. The Bertz CT molecular complexity index is 231. The van der Waals surface area contributed by atoms with E-state index in [0.717, 1.165) is 4.88 Å². The van der Waals surface area contributed by atoms with Gasteiger partial charge in [-0.05, 0) is 32.3 Å². The predicted octanol–water partition coefficient (Wildman–Crippen LogP) is 1.78. The van der Waals surface area contributed by atoms with Crippen molar-refractivity contribution in [2.24, 2.45) is 0 Å². The Morgan fingerprint density at radius 3 is 2.67 bits per heavy atom. The molecule has 1 atom stereocenters. The third kappa shape index (κ3) is 1.86. The number of aliphatic hydroxyl groups excluding tert-OH is 1. The number of likely N-dealkylation sites (N-methyl/N-ethyl adjacent to an activating group) is 1. The van der Waals surface area contributed by atoms with Gasteiger partial charge in [0.25, 0.3) is 0 Å². The van der Waals surface area contributed by atoms with Gasteiger partial charge in [-0.2, -0.15) is 0 Å². The van der Waals surface area contributed by atoms with E-state index >= 15 is 0 Å². The van der Waals surface area contributed by atoms with E-state index in [4.69, 9.17) is 0 Å². The zero-order valence-corrected chi connectivity index (χ0v) is 8.48. The summed E-state index contributed by atoms with van der Waals surface area (Å²) >= 11 is 1.58. The van der Waals surface area contributed by atoms with Gasteiger partial charge in [-0.3, -0.25) is 0 Å². The van der Waals surface area contributed by atoms with Gasteiger partial charge in [0.05, 0.1) is 0 Å². The first-order chi connectivity index (χ1) is 5.58. The van der Waals surface area contributed by atoms with Crippen molar-refractivity contribution in [3.05, 3.63) is 22.4 Å². The van der Waals surface area contributed by atoms with E-state index in [0.29, 0.717) is 0 Å². The summed E-state index contributed by atoms with van der Waals surface area (Å²) in [5.74, 6) is 0. The number of aliphatic hydroxyl groups is 1. The zero-order valence-electron chi connectivity index (χ0n) is 7.66. The van der Waals surface area contributed by atoms with Gasteiger partial charge in [0.2, 0.25) is 0 Å². The maximum atomic E-state index is 9.89. The molecule has 2 N–H and O–H groups in total. The van der Waals surface area contributed by atoms with Crippen molar-refractivity contribution in [3.63, 3.8) is 0 Å². The summed E-state index contributed by atoms with van der Waals surface area (Å²) in [4.78, 5) is 1.01. The minimum Gasteiger partial charge on any atom is -0.386 e. The summed E-state index contributed by atoms with van der Waals surface area (Å²) in [6.45, 7) is 3.97. The number of thiophene rings is 1. The summed E-state index contributed by atoms with van der Waals surface area (Å²) in [5, 5.41) is 14.9. The first-order valence-electron chi connectivity index (χ1n) is 3.98. The van der Waals surface area contributed by atoms with Crippen molar-refractivity contribution < 1.29 is 5.11 Å². The standard InChI is InChI=1S/C9H15NOS/c1-9(2,10-3)8(11)7-5-4-6-12-7/h4-6,8,10-11H,1-3H3/t8-/m0/s1. The maximum absolute atomic E-state index is 9.89. The van der Waals surface area contributed by atoms with Gasteiger partial charge >= 0.3 is 0 Å². The van der Waals surface area contributed by atoms with Crippen molar-refractivity contribution in [3.8, 4) is 0 Å². The second kappa shape index (κ2) is 3.56. The molecule has 0 bridgehead atoms. The van der Waals surface area contributed by atoms with Crippen LogP contribution in [0.3, 0.4) is 0 Å². The fraction of sp³-hybridized carbons (Fsp3) is 0.556. The van der Waals surface area contributed by atoms with Crippen molar-refractivity contribution in [2.45, 2.75) is 25.5 Å². The van der Waals surface area contributed by atoms with Crippen LogP contribution in [0.1, 0.15) is 24.8 Å². The third-order valence-corrected chi connectivity index (χ3v) is 3.07. The van der Waals surface area contributed by atoms with Crippen LogP contribution >= 0.6 is 11.3 Å². The molecule has 2 nitrogen and oxygen atoms in total. The van der Waals surface area contributed by atoms with Crippen LogP contribution in [0.4, 0.5) is 0 Å². The molecule has 0 amide bonds. The van der Waals surface area contributed by atoms with E-state index in [-0.39, 0.29) is 5.54 Å². The van der Waals surface area contributed by atoms with Crippen molar-refractivity contribution in [2.75, 3.05) is 7.05 Å². The zero-order chi connectivity index (χ0) is 9.19. The molecule has 1 rings (SSSR count). The van der Waals surface area contributed by atoms with E-state index < -0.39 is 6.10 Å². The normalized spacial score (nSPS) is 14.7. The molecule has 0 aliphatic rings. The summed E-state index contributed by atoms with van der Waals surface area (Å²) in [7, 11) is 1.86. The fourth-order valence-corrected chi connectivity index (χ4v) is 1.83. The van der Waals surface area contributed by atoms with E-state index in [9.17, 15) is 5.11 Å². The van der Waals surface area contributed by atoms with Crippen LogP contribution in [0.5, 0.6) is 0 Å². The van der Waals surface area contributed by atoms with Crippen LogP contribution in [0.15, 0.2) is 17.5 Å². The Morgan fingerprint density at radius 1 is 1.58 bits per heavy atom. The molecule has 0 aliphatic carbocycles. The maximum Gasteiger partial charge on any atom is 0.106 e. The SMILES string of the molecule is CNC(C)(C)[C@@H](O)c1cccs1. The summed E-state index contributed by atoms with van der Waals surface area (Å²) in [6, 6.07) is 3.91. The Balaban J connectivity index is 2.78. The average molecular weight is 185 g/mol. The molecule has 12 heavy (non-hydrogen) atoms. The van der Waals surface area contributed by atoms with Gasteiger partial charge in [-0.25, -0.2) is 0 Å². The van der Waals surface area contributed by atoms with Crippen LogP contribution in [0.2, 0.25) is 0 Å². The van der Waals surface area contributed by atoms with Gasteiger partial charge < -0.3 is 10.4 Å². The molecule has 0 saturated heterocycles. The molecular formula is C9H15NOS. The van der Waals surface area contributed by atoms with Crippen LogP contribution < -0.4 is 5.32 Å². The summed E-state index contributed by atoms with van der Waals surface area (Å²) < 4.78 is 0. The fourth-order valence-electron chi connectivity index (χ4n) is 0.939. The molecule has 68 valence electrons. The first-order valence-corrected chi connectivity index (χ1v) is 4.86. The lowest BCUT2D eigenvalue weighted by molar-refractivity contribution is 0.0886. The lowest BCUT2D eigenvalue weighted by Gasteiger charge is -2.29. The second-order valence-corrected chi connectivity index (χ2v) is 4.37. The molecule has 1 heterocycles. The Labute approximate surface area is 77.2 Å². The molecule has 0 saturated carbocycles. The van der Waals surface area contributed by atoms with Crippen LogP contribution in [-0.4, -0.2) is 17.7 Å². The Hall–Kier alpha value is -0.380. The highest BCUT2D eigenvalue weighted by Crippen LogP contribution is 2.28. The molecule has 0 spiro atoms. The van der Waals surface area contributed by atoms with Crippen molar-refractivity contribution >= 4 is 11.3 Å². The number of nitrogens with one attached hydrogen (secondary N) is 1. The van der Waals surface area contributed by atoms with E-state index in [1.54, 1.807) is 11.3 Å². The van der Waals surface area contributed by atoms with Gasteiger partial charge in [-0.15, -0.1) is 11.3 Å². The molecule has 0 radical (unpaired) electrons. The minimum atomic E-state index is -0.428. The molecule has 0 unspecified atom stereocenters. The van der Waals surface area contributed by atoms with Crippen LogP contribution in [-0.2, 0) is 0 Å². The third-order valence-electron chi connectivity index (χ3n) is 2.14. The topological polar surface area (TPSA) is 32.3 Å². The molecule has 1 aromatic rings.